The summed E-state index contributed by atoms with van der Waals surface area (Å²) in [6, 6.07) is 22.0. The smallest absolute Gasteiger partial charge is 0.255 e. The number of nitrogens with one attached hydrogen (secondary N) is 2. The number of benzene rings is 3. The van der Waals surface area contributed by atoms with Gasteiger partial charge in [0, 0.05) is 10.4 Å². The van der Waals surface area contributed by atoms with Crippen molar-refractivity contribution in [3.8, 4) is 17.0 Å². The molecule has 2 N–H and O–H groups in total. The van der Waals surface area contributed by atoms with E-state index < -0.39 is 0 Å². The van der Waals surface area contributed by atoms with Crippen LogP contribution in [0.1, 0.15) is 15.2 Å². The van der Waals surface area contributed by atoms with Crippen LogP contribution in [-0.2, 0) is 6.54 Å². The highest BCUT2D eigenvalue weighted by Gasteiger charge is 2.20. The van der Waals surface area contributed by atoms with E-state index >= 15 is 0 Å². The number of rotatable bonds is 5. The molecular weight excluding hydrogens is 394 g/mol. The molecule has 2 aromatic heterocycles. The second-order valence-corrected chi connectivity index (χ2v) is 8.00. The van der Waals surface area contributed by atoms with E-state index in [4.69, 9.17) is 4.74 Å². The molecular formula is C24H19N3O2S. The normalized spacial score (nSPS) is 11.1. The summed E-state index contributed by atoms with van der Waals surface area (Å²) in [6.07, 6.45) is 0. The van der Waals surface area contributed by atoms with E-state index in [1.165, 1.54) is 5.39 Å². The molecule has 5 rings (SSSR count). The molecule has 0 aliphatic carbocycles. The molecule has 0 bridgehead atoms. The van der Waals surface area contributed by atoms with Gasteiger partial charge in [0.05, 0.1) is 30.1 Å². The van der Waals surface area contributed by atoms with Crippen LogP contribution in [0.25, 0.3) is 32.9 Å². The van der Waals surface area contributed by atoms with Gasteiger partial charge in [0.15, 0.2) is 0 Å². The molecule has 0 aliphatic rings. The number of H-pyrrole nitrogens is 1. The molecule has 0 saturated carbocycles. The number of amides is 1. The maximum atomic E-state index is 12.9. The van der Waals surface area contributed by atoms with Gasteiger partial charge in [0.25, 0.3) is 5.91 Å². The zero-order chi connectivity index (χ0) is 20.5. The predicted octanol–water partition coefficient (Wildman–Crippen LogP) is 5.38. The molecule has 148 valence electrons. The Bertz CT molecular complexity index is 1360. The summed E-state index contributed by atoms with van der Waals surface area (Å²) in [7, 11) is 1.59. The van der Waals surface area contributed by atoms with Crippen LogP contribution in [0.5, 0.6) is 5.75 Å². The third kappa shape index (κ3) is 3.21. The predicted molar refractivity (Wildman–Crippen MR) is 121 cm³/mol. The van der Waals surface area contributed by atoms with Crippen LogP contribution in [0, 0.1) is 0 Å². The lowest BCUT2D eigenvalue weighted by atomic mass is 10.0. The van der Waals surface area contributed by atoms with Crippen molar-refractivity contribution in [3.05, 3.63) is 82.6 Å². The topological polar surface area (TPSA) is 67.0 Å². The van der Waals surface area contributed by atoms with Gasteiger partial charge >= 0.3 is 0 Å². The summed E-state index contributed by atoms with van der Waals surface area (Å²) in [4.78, 5) is 14.0. The molecule has 0 radical (unpaired) electrons. The molecule has 6 heteroatoms. The average Bonchev–Trinajstić information content (AvgIpc) is 3.46. The molecule has 0 unspecified atom stereocenters. The summed E-state index contributed by atoms with van der Waals surface area (Å²) < 4.78 is 5.71. The van der Waals surface area contributed by atoms with E-state index in [0.717, 1.165) is 32.4 Å². The molecule has 5 nitrogen and oxygen atoms in total. The molecule has 0 fully saturated rings. The van der Waals surface area contributed by atoms with E-state index in [2.05, 4.69) is 39.8 Å². The summed E-state index contributed by atoms with van der Waals surface area (Å²) in [5.74, 6) is 0.348. The minimum Gasteiger partial charge on any atom is -0.495 e. The minimum absolute atomic E-state index is 0.173. The fourth-order valence-electron chi connectivity index (χ4n) is 3.70. The third-order valence-electron chi connectivity index (χ3n) is 5.16. The zero-order valence-electron chi connectivity index (χ0n) is 16.3. The van der Waals surface area contributed by atoms with Crippen LogP contribution >= 0.6 is 11.3 Å². The Morgan fingerprint density at radius 3 is 2.73 bits per heavy atom. The Balaban J connectivity index is 1.58. The van der Waals surface area contributed by atoms with Crippen molar-refractivity contribution in [2.24, 2.45) is 0 Å². The van der Waals surface area contributed by atoms with Gasteiger partial charge in [-0.1, -0.05) is 42.5 Å². The van der Waals surface area contributed by atoms with Crippen molar-refractivity contribution >= 4 is 38.9 Å². The van der Waals surface area contributed by atoms with Crippen molar-refractivity contribution in [3.63, 3.8) is 0 Å². The first kappa shape index (κ1) is 18.4. The molecule has 0 atom stereocenters. The zero-order valence-corrected chi connectivity index (χ0v) is 17.1. The second kappa shape index (κ2) is 7.65. The van der Waals surface area contributed by atoms with E-state index in [0.29, 0.717) is 17.9 Å². The van der Waals surface area contributed by atoms with Gasteiger partial charge in [-0.05, 0) is 40.4 Å². The standard InChI is InChI=1S/C24H19N3O2S/c1-29-23-19(24(28)25-14-18-7-4-12-30-18)10-11-20-21(23)22(27-26-20)17-9-8-15-5-2-3-6-16(15)13-17/h2-13H,14H2,1H3,(H,25,28)(H,26,27). The van der Waals surface area contributed by atoms with E-state index in [1.54, 1.807) is 24.5 Å². The molecule has 1 amide bonds. The number of fused-ring (bicyclic) bond motifs is 2. The van der Waals surface area contributed by atoms with Crippen LogP contribution in [-0.4, -0.2) is 23.2 Å². The number of hydrogen-bond acceptors (Lipinski definition) is 4. The number of thiophene rings is 1. The maximum absolute atomic E-state index is 12.9. The number of carbonyl (C=O) groups excluding carboxylic acids is 1. The number of aromatic amines is 1. The van der Waals surface area contributed by atoms with Crippen molar-refractivity contribution in [1.82, 2.24) is 15.5 Å². The van der Waals surface area contributed by atoms with Crippen molar-refractivity contribution in [1.29, 1.82) is 0 Å². The molecule has 0 spiro atoms. The average molecular weight is 414 g/mol. The largest absolute Gasteiger partial charge is 0.495 e. The lowest BCUT2D eigenvalue weighted by Gasteiger charge is -2.11. The molecule has 2 heterocycles. The molecule has 0 saturated heterocycles. The van der Waals surface area contributed by atoms with E-state index in [9.17, 15) is 4.79 Å². The van der Waals surface area contributed by atoms with Gasteiger partial charge in [-0.3, -0.25) is 9.89 Å². The lowest BCUT2D eigenvalue weighted by molar-refractivity contribution is 0.0948. The highest BCUT2D eigenvalue weighted by Crippen LogP contribution is 2.37. The van der Waals surface area contributed by atoms with Crippen LogP contribution in [0.15, 0.2) is 72.1 Å². The SMILES string of the molecule is COc1c(C(=O)NCc2cccs2)ccc2[nH]nc(-c3ccc4ccccc4c3)c12. The Labute approximate surface area is 177 Å². The summed E-state index contributed by atoms with van der Waals surface area (Å²) in [6.45, 7) is 0.487. The number of aromatic nitrogens is 2. The Kier molecular flexibility index (Phi) is 4.69. The first-order valence-corrected chi connectivity index (χ1v) is 10.5. The minimum atomic E-state index is -0.173. The van der Waals surface area contributed by atoms with Gasteiger partial charge in [-0.15, -0.1) is 11.3 Å². The van der Waals surface area contributed by atoms with E-state index in [-0.39, 0.29) is 5.91 Å². The number of carbonyl (C=O) groups is 1. The fourth-order valence-corrected chi connectivity index (χ4v) is 4.34. The number of ether oxygens (including phenoxy) is 1. The van der Waals surface area contributed by atoms with Crippen molar-refractivity contribution in [2.75, 3.05) is 7.11 Å². The van der Waals surface area contributed by atoms with Crippen LogP contribution < -0.4 is 10.1 Å². The maximum Gasteiger partial charge on any atom is 0.255 e. The Morgan fingerprint density at radius 1 is 1.07 bits per heavy atom. The van der Waals surface area contributed by atoms with E-state index in [1.807, 2.05) is 41.8 Å². The summed E-state index contributed by atoms with van der Waals surface area (Å²) in [5, 5.41) is 15.7. The monoisotopic (exact) mass is 413 g/mol. The van der Waals surface area contributed by atoms with Crippen molar-refractivity contribution < 1.29 is 9.53 Å². The van der Waals surface area contributed by atoms with Crippen molar-refractivity contribution in [2.45, 2.75) is 6.54 Å². The highest BCUT2D eigenvalue weighted by atomic mass is 32.1. The van der Waals surface area contributed by atoms with Crippen LogP contribution in [0.4, 0.5) is 0 Å². The third-order valence-corrected chi connectivity index (χ3v) is 6.03. The summed E-state index contributed by atoms with van der Waals surface area (Å²) >= 11 is 1.61. The van der Waals surface area contributed by atoms with Crippen LogP contribution in [0.3, 0.4) is 0 Å². The molecule has 0 aliphatic heterocycles. The number of hydrogen-bond donors (Lipinski definition) is 2. The lowest BCUT2D eigenvalue weighted by Crippen LogP contribution is -2.22. The van der Waals surface area contributed by atoms with Gasteiger partial charge in [-0.2, -0.15) is 5.10 Å². The molecule has 5 aromatic rings. The fraction of sp³-hybridized carbons (Fsp3) is 0.0833. The molecule has 3 aromatic carbocycles. The molecule has 30 heavy (non-hydrogen) atoms. The highest BCUT2D eigenvalue weighted by molar-refractivity contribution is 7.09. The second-order valence-electron chi connectivity index (χ2n) is 6.97. The Hall–Kier alpha value is -3.64. The van der Waals surface area contributed by atoms with Gasteiger partial charge in [0.2, 0.25) is 0 Å². The van der Waals surface area contributed by atoms with Gasteiger partial charge < -0.3 is 10.1 Å². The van der Waals surface area contributed by atoms with Gasteiger partial charge in [-0.25, -0.2) is 0 Å². The summed E-state index contributed by atoms with van der Waals surface area (Å²) in [5.41, 5.74) is 3.05. The first-order valence-electron chi connectivity index (χ1n) is 9.59. The number of methoxy groups -OCH3 is 1. The quantitative estimate of drug-likeness (QED) is 0.406. The van der Waals surface area contributed by atoms with Crippen LogP contribution in [0.2, 0.25) is 0 Å². The Morgan fingerprint density at radius 2 is 1.93 bits per heavy atom. The number of nitrogens with zero attached hydrogens (tertiary/aromatic N) is 1. The van der Waals surface area contributed by atoms with Gasteiger partial charge in [0.1, 0.15) is 11.4 Å². The first-order chi connectivity index (χ1) is 14.7.